The lowest BCUT2D eigenvalue weighted by molar-refractivity contribution is 0.0816. The van der Waals surface area contributed by atoms with Gasteiger partial charge in [0.1, 0.15) is 6.10 Å². The van der Waals surface area contributed by atoms with Crippen molar-refractivity contribution in [2.45, 2.75) is 19.4 Å². The van der Waals surface area contributed by atoms with Crippen LogP contribution in [-0.4, -0.2) is 9.97 Å². The Morgan fingerprint density at radius 1 is 1.60 bits per heavy atom. The van der Waals surface area contributed by atoms with Crippen LogP contribution in [0.15, 0.2) is 18.6 Å². The van der Waals surface area contributed by atoms with E-state index in [1.807, 2.05) is 6.92 Å². The summed E-state index contributed by atoms with van der Waals surface area (Å²) in [4.78, 5) is 7.67. The fraction of sp³-hybridized carbons (Fsp3) is 0.429. The normalized spacial score (nSPS) is 13.0. The largest absolute Gasteiger partial charge is 0.261 e. The van der Waals surface area contributed by atoms with Crippen LogP contribution < -0.4 is 0 Å². The van der Waals surface area contributed by atoms with Crippen molar-refractivity contribution in [1.82, 2.24) is 9.97 Å². The summed E-state index contributed by atoms with van der Waals surface area (Å²) in [6.45, 7) is 1.84. The Hall–Kier alpha value is -0.960. The van der Waals surface area contributed by atoms with Crippen molar-refractivity contribution in [3.8, 4) is 0 Å². The van der Waals surface area contributed by atoms with Crippen molar-refractivity contribution in [3.63, 3.8) is 0 Å². The highest BCUT2D eigenvalue weighted by Crippen LogP contribution is 2.11. The highest BCUT2D eigenvalue weighted by atomic mass is 16.3. The zero-order valence-electron chi connectivity index (χ0n) is 5.82. The van der Waals surface area contributed by atoms with Gasteiger partial charge in [-0.05, 0) is 6.42 Å². The molecule has 0 amide bonds. The SMILES string of the molecule is CCC([O])c1cnccn1. The Labute approximate surface area is 59.8 Å². The molecule has 3 nitrogen and oxygen atoms in total. The fourth-order valence-corrected chi connectivity index (χ4v) is 0.686. The average Bonchev–Trinajstić information content (AvgIpc) is 2.05. The van der Waals surface area contributed by atoms with Gasteiger partial charge in [0.25, 0.3) is 0 Å². The molecule has 1 radical (unpaired) electrons. The first-order valence-electron chi connectivity index (χ1n) is 3.26. The highest BCUT2D eigenvalue weighted by molar-refractivity contribution is 4.97. The van der Waals surface area contributed by atoms with Gasteiger partial charge < -0.3 is 0 Å². The van der Waals surface area contributed by atoms with Crippen LogP contribution >= 0.6 is 0 Å². The van der Waals surface area contributed by atoms with E-state index in [1.165, 1.54) is 12.4 Å². The average molecular weight is 137 g/mol. The molecule has 0 aromatic carbocycles. The van der Waals surface area contributed by atoms with E-state index in [9.17, 15) is 5.11 Å². The topological polar surface area (TPSA) is 45.7 Å². The van der Waals surface area contributed by atoms with Crippen LogP contribution in [0.5, 0.6) is 0 Å². The van der Waals surface area contributed by atoms with Crippen LogP contribution in [0.1, 0.15) is 25.1 Å². The van der Waals surface area contributed by atoms with Gasteiger partial charge in [0.2, 0.25) is 0 Å². The Morgan fingerprint density at radius 2 is 2.40 bits per heavy atom. The Balaban J connectivity index is 2.75. The van der Waals surface area contributed by atoms with Gasteiger partial charge >= 0.3 is 0 Å². The number of aromatic nitrogens is 2. The third-order valence-corrected chi connectivity index (χ3v) is 1.28. The zero-order valence-corrected chi connectivity index (χ0v) is 5.82. The van der Waals surface area contributed by atoms with Crippen LogP contribution in [0.2, 0.25) is 0 Å². The molecule has 1 aromatic heterocycles. The summed E-state index contributed by atoms with van der Waals surface area (Å²) in [6, 6.07) is 0. The smallest absolute Gasteiger partial charge is 0.136 e. The number of rotatable bonds is 2. The highest BCUT2D eigenvalue weighted by Gasteiger charge is 2.06. The molecule has 0 aliphatic rings. The van der Waals surface area contributed by atoms with Crippen LogP contribution in [0.4, 0.5) is 0 Å². The van der Waals surface area contributed by atoms with E-state index in [2.05, 4.69) is 9.97 Å². The first-order valence-corrected chi connectivity index (χ1v) is 3.26. The predicted molar refractivity (Wildman–Crippen MR) is 35.8 cm³/mol. The molecule has 0 aliphatic heterocycles. The Bertz CT molecular complexity index is 188. The maximum Gasteiger partial charge on any atom is 0.136 e. The van der Waals surface area contributed by atoms with E-state index in [0.29, 0.717) is 12.1 Å². The van der Waals surface area contributed by atoms with Gasteiger partial charge in [-0.2, -0.15) is 0 Å². The molecule has 1 heterocycles. The molecule has 0 aliphatic carbocycles. The van der Waals surface area contributed by atoms with Crippen molar-refractivity contribution < 1.29 is 5.11 Å². The molecule has 10 heavy (non-hydrogen) atoms. The van der Waals surface area contributed by atoms with Crippen LogP contribution in [0.3, 0.4) is 0 Å². The summed E-state index contributed by atoms with van der Waals surface area (Å²) >= 11 is 0. The lowest BCUT2D eigenvalue weighted by atomic mass is 10.2. The lowest BCUT2D eigenvalue weighted by Gasteiger charge is -2.00. The van der Waals surface area contributed by atoms with Gasteiger partial charge in [-0.1, -0.05) is 6.92 Å². The van der Waals surface area contributed by atoms with Crippen molar-refractivity contribution >= 4 is 0 Å². The van der Waals surface area contributed by atoms with Crippen LogP contribution in [-0.2, 0) is 5.11 Å². The molecule has 1 unspecified atom stereocenters. The second-order valence-corrected chi connectivity index (χ2v) is 2.03. The monoisotopic (exact) mass is 137 g/mol. The molecule has 0 N–H and O–H groups in total. The second-order valence-electron chi connectivity index (χ2n) is 2.03. The summed E-state index contributed by atoms with van der Waals surface area (Å²) in [7, 11) is 0. The fourth-order valence-electron chi connectivity index (χ4n) is 0.686. The van der Waals surface area contributed by atoms with Gasteiger partial charge in [-0.3, -0.25) is 9.97 Å². The lowest BCUT2D eigenvalue weighted by Crippen LogP contribution is -1.96. The van der Waals surface area contributed by atoms with Crippen molar-refractivity contribution in [3.05, 3.63) is 24.3 Å². The third kappa shape index (κ3) is 1.51. The molecule has 0 fully saturated rings. The maximum absolute atomic E-state index is 11.0. The second kappa shape index (κ2) is 3.27. The molecule has 1 aromatic rings. The molecular weight excluding hydrogens is 128 g/mol. The van der Waals surface area contributed by atoms with Crippen LogP contribution in [0.25, 0.3) is 0 Å². The number of nitrogens with zero attached hydrogens (tertiary/aromatic N) is 2. The van der Waals surface area contributed by atoms with Crippen LogP contribution in [0, 0.1) is 0 Å². The first-order chi connectivity index (χ1) is 4.84. The van der Waals surface area contributed by atoms with E-state index in [-0.39, 0.29) is 0 Å². The van der Waals surface area contributed by atoms with Crippen molar-refractivity contribution in [1.29, 1.82) is 0 Å². The molecule has 0 saturated heterocycles. The van der Waals surface area contributed by atoms with E-state index in [1.54, 1.807) is 6.20 Å². The molecule has 1 atom stereocenters. The first kappa shape index (κ1) is 7.15. The summed E-state index contributed by atoms with van der Waals surface area (Å²) < 4.78 is 0. The molecule has 0 saturated carbocycles. The molecule has 0 spiro atoms. The van der Waals surface area contributed by atoms with Gasteiger partial charge in [-0.25, -0.2) is 5.11 Å². The van der Waals surface area contributed by atoms with E-state index < -0.39 is 6.10 Å². The standard InChI is InChI=1S/C7H9N2O/c1-2-7(10)6-5-8-3-4-9-6/h3-5,7H,2H2,1H3. The maximum atomic E-state index is 11.0. The van der Waals surface area contributed by atoms with Gasteiger partial charge in [-0.15, -0.1) is 0 Å². The zero-order chi connectivity index (χ0) is 7.40. The third-order valence-electron chi connectivity index (χ3n) is 1.28. The van der Waals surface area contributed by atoms with Crippen molar-refractivity contribution in [2.75, 3.05) is 0 Å². The van der Waals surface area contributed by atoms with Gasteiger partial charge in [0, 0.05) is 12.4 Å². The summed E-state index contributed by atoms with van der Waals surface area (Å²) in [5.41, 5.74) is 0.532. The number of hydrogen-bond acceptors (Lipinski definition) is 2. The Kier molecular flexibility index (Phi) is 2.34. The minimum absolute atomic E-state index is 0.532. The minimum Gasteiger partial charge on any atom is -0.261 e. The molecule has 3 heteroatoms. The quantitative estimate of drug-likeness (QED) is 0.617. The van der Waals surface area contributed by atoms with E-state index in [0.717, 1.165) is 0 Å². The Morgan fingerprint density at radius 3 is 2.90 bits per heavy atom. The summed E-state index contributed by atoms with van der Waals surface area (Å²) in [5, 5.41) is 11.0. The number of hydrogen-bond donors (Lipinski definition) is 0. The minimum atomic E-state index is -0.714. The molecule has 1 rings (SSSR count). The van der Waals surface area contributed by atoms with E-state index in [4.69, 9.17) is 0 Å². The summed E-state index contributed by atoms with van der Waals surface area (Å²) in [6.07, 6.45) is 4.47. The van der Waals surface area contributed by atoms with Gasteiger partial charge in [0.15, 0.2) is 0 Å². The van der Waals surface area contributed by atoms with E-state index >= 15 is 0 Å². The predicted octanol–water partition coefficient (Wildman–Crippen LogP) is 1.36. The van der Waals surface area contributed by atoms with Crippen molar-refractivity contribution in [2.24, 2.45) is 0 Å². The van der Waals surface area contributed by atoms with Gasteiger partial charge in [0.05, 0.1) is 11.9 Å². The molecule has 53 valence electrons. The molecular formula is C7H9N2O. The molecule has 0 bridgehead atoms. The summed E-state index contributed by atoms with van der Waals surface area (Å²) in [5.74, 6) is 0.